The Morgan fingerprint density at radius 1 is 1.18 bits per heavy atom. The minimum Gasteiger partial charge on any atom is -1.00 e. The Balaban J connectivity index is 0.00000242. The number of carbonyl (C=O) groups excluding carboxylic acids is 1. The molecular formula is C17H20Br2N2O. The molecule has 0 saturated carbocycles. The Hall–Kier alpha value is -1.20. The number of unbranched alkanes of at least 4 members (excludes halogenated alkanes) is 1. The smallest absolute Gasteiger partial charge is 0.224 e. The molecule has 0 aliphatic rings. The fourth-order valence-electron chi connectivity index (χ4n) is 2.11. The number of aromatic nitrogens is 1. The number of benzene rings is 1. The molecule has 5 heteroatoms. The summed E-state index contributed by atoms with van der Waals surface area (Å²) in [6, 6.07) is 11.9. The molecule has 22 heavy (non-hydrogen) atoms. The van der Waals surface area contributed by atoms with Crippen LogP contribution in [0.25, 0.3) is 0 Å². The lowest BCUT2D eigenvalue weighted by Crippen LogP contribution is -3.00. The number of nitrogens with one attached hydrogen (secondary N) is 1. The van der Waals surface area contributed by atoms with Crippen molar-refractivity contribution >= 4 is 27.5 Å². The first-order chi connectivity index (χ1) is 10.1. The summed E-state index contributed by atoms with van der Waals surface area (Å²) in [6.45, 7) is 2.96. The molecule has 0 saturated heterocycles. The van der Waals surface area contributed by atoms with Gasteiger partial charge in [-0.05, 0) is 37.1 Å². The fraction of sp³-hybridized carbons (Fsp3) is 0.294. The first kappa shape index (κ1) is 18.8. The Kier molecular flexibility index (Phi) is 8.35. The van der Waals surface area contributed by atoms with Crippen molar-refractivity contribution in [1.29, 1.82) is 0 Å². The van der Waals surface area contributed by atoms with E-state index in [9.17, 15) is 4.79 Å². The summed E-state index contributed by atoms with van der Waals surface area (Å²) in [5.41, 5.74) is 1.98. The molecule has 1 aromatic heterocycles. The van der Waals surface area contributed by atoms with Gasteiger partial charge in [-0.3, -0.25) is 4.79 Å². The van der Waals surface area contributed by atoms with E-state index in [2.05, 4.69) is 25.8 Å². The molecule has 2 aromatic rings. The summed E-state index contributed by atoms with van der Waals surface area (Å²) in [5, 5.41) is 2.94. The lowest BCUT2D eigenvalue weighted by Gasteiger charge is -2.06. The van der Waals surface area contributed by atoms with Crippen molar-refractivity contribution in [2.24, 2.45) is 0 Å². The summed E-state index contributed by atoms with van der Waals surface area (Å²) in [7, 11) is 0. The molecule has 0 spiro atoms. The van der Waals surface area contributed by atoms with E-state index in [1.165, 1.54) is 0 Å². The second-order valence-corrected chi connectivity index (χ2v) is 5.94. The van der Waals surface area contributed by atoms with Crippen molar-refractivity contribution in [3.63, 3.8) is 0 Å². The van der Waals surface area contributed by atoms with E-state index in [-0.39, 0.29) is 22.9 Å². The average molecular weight is 428 g/mol. The monoisotopic (exact) mass is 426 g/mol. The zero-order valence-corrected chi connectivity index (χ0v) is 15.7. The van der Waals surface area contributed by atoms with Gasteiger partial charge in [0.1, 0.15) is 6.54 Å². The van der Waals surface area contributed by atoms with Gasteiger partial charge in [-0.1, -0.05) is 22.0 Å². The number of hydrogen-bond donors (Lipinski definition) is 1. The van der Waals surface area contributed by atoms with E-state index in [1.54, 1.807) is 0 Å². The summed E-state index contributed by atoms with van der Waals surface area (Å²) in [5.74, 6) is 0.0785. The van der Waals surface area contributed by atoms with Crippen LogP contribution in [-0.4, -0.2) is 5.91 Å². The molecule has 2 rings (SSSR count). The number of rotatable bonds is 6. The van der Waals surface area contributed by atoms with E-state index >= 15 is 0 Å². The van der Waals surface area contributed by atoms with Gasteiger partial charge in [0.25, 0.3) is 0 Å². The average Bonchev–Trinajstić information content (AvgIpc) is 2.49. The molecule has 0 radical (unpaired) electrons. The van der Waals surface area contributed by atoms with Gasteiger partial charge in [0.2, 0.25) is 5.91 Å². The van der Waals surface area contributed by atoms with E-state index in [0.29, 0.717) is 6.42 Å². The van der Waals surface area contributed by atoms with Crippen molar-refractivity contribution in [2.45, 2.75) is 32.7 Å². The van der Waals surface area contributed by atoms with Crippen LogP contribution in [0.5, 0.6) is 0 Å². The number of nitrogens with zero attached hydrogens (tertiary/aromatic N) is 1. The molecular weight excluding hydrogens is 408 g/mol. The second-order valence-electron chi connectivity index (χ2n) is 5.08. The molecule has 0 aliphatic heterocycles. The number of anilines is 1. The Morgan fingerprint density at radius 2 is 1.91 bits per heavy atom. The molecule has 0 unspecified atom stereocenters. The minimum atomic E-state index is 0. The summed E-state index contributed by atoms with van der Waals surface area (Å²) < 4.78 is 3.19. The van der Waals surface area contributed by atoms with E-state index in [1.807, 2.05) is 55.7 Å². The van der Waals surface area contributed by atoms with E-state index < -0.39 is 0 Å². The SMILES string of the molecule is Cc1cc(NC(=O)CCCC[n+]2ccccc2)ccc1Br.[Br-]. The van der Waals surface area contributed by atoms with Crippen molar-refractivity contribution in [1.82, 2.24) is 0 Å². The molecule has 1 amide bonds. The Bertz CT molecular complexity index is 603. The highest BCUT2D eigenvalue weighted by molar-refractivity contribution is 9.10. The third kappa shape index (κ3) is 6.28. The molecule has 0 atom stereocenters. The molecule has 0 fully saturated rings. The normalized spacial score (nSPS) is 9.91. The highest BCUT2D eigenvalue weighted by Gasteiger charge is 2.05. The minimum absolute atomic E-state index is 0. The molecule has 1 aromatic carbocycles. The number of aryl methyl sites for hydroxylation is 2. The van der Waals surface area contributed by atoms with Crippen LogP contribution in [0.15, 0.2) is 53.3 Å². The highest BCUT2D eigenvalue weighted by Crippen LogP contribution is 2.20. The summed E-state index contributed by atoms with van der Waals surface area (Å²) >= 11 is 3.45. The lowest BCUT2D eigenvalue weighted by molar-refractivity contribution is -0.697. The number of hydrogen-bond acceptors (Lipinski definition) is 1. The van der Waals surface area contributed by atoms with Crippen molar-refractivity contribution in [3.8, 4) is 0 Å². The highest BCUT2D eigenvalue weighted by atomic mass is 79.9. The lowest BCUT2D eigenvalue weighted by atomic mass is 10.2. The molecule has 0 bridgehead atoms. The quantitative estimate of drug-likeness (QED) is 0.538. The maximum absolute atomic E-state index is 11.9. The van der Waals surface area contributed by atoms with Gasteiger partial charge >= 0.3 is 0 Å². The Labute approximate surface area is 150 Å². The van der Waals surface area contributed by atoms with Gasteiger partial charge in [-0.25, -0.2) is 4.57 Å². The van der Waals surface area contributed by atoms with E-state index in [0.717, 1.165) is 35.1 Å². The topological polar surface area (TPSA) is 33.0 Å². The van der Waals surface area contributed by atoms with Crippen molar-refractivity contribution in [2.75, 3.05) is 5.32 Å². The maximum atomic E-state index is 11.9. The number of halogens is 2. The van der Waals surface area contributed by atoms with Gasteiger partial charge < -0.3 is 22.3 Å². The largest absolute Gasteiger partial charge is 1.00 e. The standard InChI is InChI=1S/C17H19BrN2O.BrH/c1-14-13-15(8-9-16(14)18)19-17(21)7-3-6-12-20-10-4-2-5-11-20;/h2,4-5,8-11,13H,3,6-7,12H2,1H3;1H. The molecule has 0 aliphatic carbocycles. The molecule has 3 nitrogen and oxygen atoms in total. The molecule has 118 valence electrons. The van der Waals surface area contributed by atoms with Crippen molar-refractivity contribution in [3.05, 3.63) is 58.8 Å². The summed E-state index contributed by atoms with van der Waals surface area (Å²) in [6.07, 6.45) is 6.54. The van der Waals surface area contributed by atoms with Crippen LogP contribution in [0.3, 0.4) is 0 Å². The van der Waals surface area contributed by atoms with Crippen molar-refractivity contribution < 1.29 is 26.3 Å². The predicted molar refractivity (Wildman–Crippen MR) is 88.0 cm³/mol. The predicted octanol–water partition coefficient (Wildman–Crippen LogP) is 0.858. The Morgan fingerprint density at radius 3 is 2.59 bits per heavy atom. The van der Waals surface area contributed by atoms with Crippen LogP contribution in [0.4, 0.5) is 5.69 Å². The number of carbonyl (C=O) groups is 1. The number of amides is 1. The summed E-state index contributed by atoms with van der Waals surface area (Å²) in [4.78, 5) is 11.9. The van der Waals surface area contributed by atoms with Crippen LogP contribution in [0.1, 0.15) is 24.8 Å². The third-order valence-corrected chi connectivity index (χ3v) is 4.18. The van der Waals surface area contributed by atoms with Gasteiger partial charge in [0.05, 0.1) is 0 Å². The van der Waals surface area contributed by atoms with Crippen LogP contribution < -0.4 is 26.9 Å². The third-order valence-electron chi connectivity index (χ3n) is 3.29. The van der Waals surface area contributed by atoms with Crippen LogP contribution in [-0.2, 0) is 11.3 Å². The fourth-order valence-corrected chi connectivity index (χ4v) is 2.36. The first-order valence-corrected chi connectivity index (χ1v) is 7.94. The zero-order valence-electron chi connectivity index (χ0n) is 12.6. The molecule has 1 heterocycles. The zero-order chi connectivity index (χ0) is 15.1. The number of pyridine rings is 1. The van der Waals surface area contributed by atoms with Crippen LogP contribution >= 0.6 is 15.9 Å². The second kappa shape index (κ2) is 9.74. The van der Waals surface area contributed by atoms with Crippen LogP contribution in [0, 0.1) is 6.92 Å². The first-order valence-electron chi connectivity index (χ1n) is 7.15. The van der Waals surface area contributed by atoms with Gasteiger partial charge in [0, 0.05) is 35.1 Å². The molecule has 1 N–H and O–H groups in total. The van der Waals surface area contributed by atoms with Gasteiger partial charge in [-0.15, -0.1) is 0 Å². The maximum Gasteiger partial charge on any atom is 0.224 e. The van der Waals surface area contributed by atoms with Gasteiger partial charge in [0.15, 0.2) is 12.4 Å². The van der Waals surface area contributed by atoms with Gasteiger partial charge in [-0.2, -0.15) is 0 Å². The van der Waals surface area contributed by atoms with E-state index in [4.69, 9.17) is 0 Å². The van der Waals surface area contributed by atoms with Crippen LogP contribution in [0.2, 0.25) is 0 Å².